The summed E-state index contributed by atoms with van der Waals surface area (Å²) in [7, 11) is 0. The van der Waals surface area contributed by atoms with Crippen molar-refractivity contribution in [1.29, 1.82) is 0 Å². The minimum absolute atomic E-state index is 0.0720. The molecule has 0 amide bonds. The van der Waals surface area contributed by atoms with Gasteiger partial charge in [0.2, 0.25) is 0 Å². The highest BCUT2D eigenvalue weighted by Crippen LogP contribution is 2.14. The second kappa shape index (κ2) is 3.48. The second-order valence-electron chi connectivity index (χ2n) is 2.68. The van der Waals surface area contributed by atoms with Crippen LogP contribution in [0.5, 0.6) is 0 Å². The molecule has 0 saturated heterocycles. The molecular formula is C10H10F2. The molecular weight excluding hydrogens is 158 g/mol. The van der Waals surface area contributed by atoms with Crippen molar-refractivity contribution in [3.63, 3.8) is 0 Å². The molecule has 0 bridgehead atoms. The molecule has 0 aliphatic heterocycles. The predicted octanol–water partition coefficient (Wildman–Crippen LogP) is 3.00. The monoisotopic (exact) mass is 168 g/mol. The molecule has 2 heteroatoms. The Hall–Kier alpha value is -1.18. The summed E-state index contributed by atoms with van der Waals surface area (Å²) in [4.78, 5) is 0. The van der Waals surface area contributed by atoms with Gasteiger partial charge < -0.3 is 0 Å². The average Bonchev–Trinajstić information content (AvgIpc) is 2.01. The third-order valence-electron chi connectivity index (χ3n) is 1.72. The zero-order valence-corrected chi connectivity index (χ0v) is 6.90. The lowest BCUT2D eigenvalue weighted by atomic mass is 10.1. The number of rotatable bonds is 2. The first-order valence-corrected chi connectivity index (χ1v) is 3.70. The van der Waals surface area contributed by atoms with Crippen LogP contribution in [0.15, 0.2) is 24.8 Å². The molecule has 0 radical (unpaired) electrons. The SMILES string of the molecule is C=CCc1cc(F)c(C)c(F)c1. The molecule has 1 aromatic rings. The van der Waals surface area contributed by atoms with Crippen molar-refractivity contribution in [1.82, 2.24) is 0 Å². The van der Waals surface area contributed by atoms with E-state index in [9.17, 15) is 8.78 Å². The van der Waals surface area contributed by atoms with Crippen molar-refractivity contribution in [2.24, 2.45) is 0 Å². The molecule has 0 heterocycles. The van der Waals surface area contributed by atoms with E-state index in [1.165, 1.54) is 19.1 Å². The fourth-order valence-electron chi connectivity index (χ4n) is 0.982. The third kappa shape index (κ3) is 1.70. The molecule has 0 fully saturated rings. The van der Waals surface area contributed by atoms with Crippen LogP contribution < -0.4 is 0 Å². The molecule has 0 saturated carbocycles. The maximum atomic E-state index is 12.9. The fraction of sp³-hybridized carbons (Fsp3) is 0.200. The number of halogens is 2. The average molecular weight is 168 g/mol. The van der Waals surface area contributed by atoms with Crippen LogP contribution >= 0.6 is 0 Å². The number of hydrogen-bond acceptors (Lipinski definition) is 0. The largest absolute Gasteiger partial charge is 0.207 e. The van der Waals surface area contributed by atoms with E-state index in [2.05, 4.69) is 6.58 Å². The van der Waals surface area contributed by atoms with Gasteiger partial charge in [-0.1, -0.05) is 6.08 Å². The van der Waals surface area contributed by atoms with Crippen molar-refractivity contribution in [2.75, 3.05) is 0 Å². The molecule has 0 unspecified atom stereocenters. The lowest BCUT2D eigenvalue weighted by molar-refractivity contribution is 0.565. The molecule has 0 spiro atoms. The smallest absolute Gasteiger partial charge is 0.129 e. The van der Waals surface area contributed by atoms with Gasteiger partial charge in [-0.3, -0.25) is 0 Å². The Morgan fingerprint density at radius 2 is 1.83 bits per heavy atom. The maximum absolute atomic E-state index is 12.9. The lowest BCUT2D eigenvalue weighted by Crippen LogP contribution is -1.92. The van der Waals surface area contributed by atoms with Crippen LogP contribution in [0.25, 0.3) is 0 Å². The van der Waals surface area contributed by atoms with Crippen LogP contribution in [0.3, 0.4) is 0 Å². The Morgan fingerprint density at radius 3 is 2.25 bits per heavy atom. The van der Waals surface area contributed by atoms with Gasteiger partial charge >= 0.3 is 0 Å². The van der Waals surface area contributed by atoms with Crippen molar-refractivity contribution in [2.45, 2.75) is 13.3 Å². The van der Waals surface area contributed by atoms with E-state index < -0.39 is 11.6 Å². The molecule has 0 aromatic heterocycles. The van der Waals surface area contributed by atoms with Gasteiger partial charge in [-0.15, -0.1) is 6.58 Å². The van der Waals surface area contributed by atoms with E-state index >= 15 is 0 Å². The molecule has 64 valence electrons. The summed E-state index contributed by atoms with van der Waals surface area (Å²) >= 11 is 0. The zero-order chi connectivity index (χ0) is 9.14. The first-order chi connectivity index (χ1) is 5.65. The molecule has 0 N–H and O–H groups in total. The van der Waals surface area contributed by atoms with Gasteiger partial charge in [-0.25, -0.2) is 8.78 Å². The quantitative estimate of drug-likeness (QED) is 0.595. The van der Waals surface area contributed by atoms with E-state index in [-0.39, 0.29) is 5.56 Å². The fourth-order valence-corrected chi connectivity index (χ4v) is 0.982. The van der Waals surface area contributed by atoms with Gasteiger partial charge in [0.1, 0.15) is 11.6 Å². The highest BCUT2D eigenvalue weighted by Gasteiger charge is 2.04. The summed E-state index contributed by atoms with van der Waals surface area (Å²) in [5, 5.41) is 0. The molecule has 0 nitrogen and oxygen atoms in total. The van der Waals surface area contributed by atoms with E-state index in [0.717, 1.165) is 0 Å². The van der Waals surface area contributed by atoms with Gasteiger partial charge in [0.25, 0.3) is 0 Å². The summed E-state index contributed by atoms with van der Waals surface area (Å²) < 4.78 is 25.8. The van der Waals surface area contributed by atoms with Crippen LogP contribution in [0.2, 0.25) is 0 Å². The minimum atomic E-state index is -0.494. The van der Waals surface area contributed by atoms with Crippen LogP contribution in [0.1, 0.15) is 11.1 Å². The maximum Gasteiger partial charge on any atom is 0.129 e. The van der Waals surface area contributed by atoms with E-state index in [1.54, 1.807) is 6.08 Å². The first kappa shape index (κ1) is 8.91. The van der Waals surface area contributed by atoms with Gasteiger partial charge in [-0.2, -0.15) is 0 Å². The summed E-state index contributed by atoms with van der Waals surface area (Å²) in [6.07, 6.45) is 2.11. The van der Waals surface area contributed by atoms with Crippen LogP contribution in [-0.2, 0) is 6.42 Å². The Bertz CT molecular complexity index is 280. The second-order valence-corrected chi connectivity index (χ2v) is 2.68. The molecule has 12 heavy (non-hydrogen) atoms. The molecule has 1 rings (SSSR count). The standard InChI is InChI=1S/C10H10F2/c1-3-4-8-5-9(11)7(2)10(12)6-8/h3,5-6H,1,4H2,2H3. The number of hydrogen-bond donors (Lipinski definition) is 0. The summed E-state index contributed by atoms with van der Waals surface area (Å²) in [6.45, 7) is 4.91. The zero-order valence-electron chi connectivity index (χ0n) is 6.90. The van der Waals surface area contributed by atoms with Crippen LogP contribution in [0.4, 0.5) is 8.78 Å². The normalized spacial score (nSPS) is 9.92. The predicted molar refractivity (Wildman–Crippen MR) is 45.0 cm³/mol. The van der Waals surface area contributed by atoms with Gasteiger partial charge in [0.15, 0.2) is 0 Å². The highest BCUT2D eigenvalue weighted by molar-refractivity contribution is 5.26. The van der Waals surface area contributed by atoms with Crippen molar-refractivity contribution >= 4 is 0 Å². The number of allylic oxidation sites excluding steroid dienone is 1. The summed E-state index contributed by atoms with van der Waals surface area (Å²) in [5.74, 6) is -0.987. The van der Waals surface area contributed by atoms with Crippen molar-refractivity contribution < 1.29 is 8.78 Å². The Kier molecular flexibility index (Phi) is 2.58. The Balaban J connectivity index is 3.11. The van der Waals surface area contributed by atoms with Gasteiger partial charge in [0.05, 0.1) is 0 Å². The van der Waals surface area contributed by atoms with E-state index in [4.69, 9.17) is 0 Å². The summed E-state index contributed by atoms with van der Waals surface area (Å²) in [6, 6.07) is 2.67. The van der Waals surface area contributed by atoms with Gasteiger partial charge in [0, 0.05) is 5.56 Å². The van der Waals surface area contributed by atoms with Crippen LogP contribution in [-0.4, -0.2) is 0 Å². The first-order valence-electron chi connectivity index (χ1n) is 3.70. The van der Waals surface area contributed by atoms with Crippen LogP contribution in [0, 0.1) is 18.6 Å². The van der Waals surface area contributed by atoms with Crippen molar-refractivity contribution in [3.05, 3.63) is 47.5 Å². The third-order valence-corrected chi connectivity index (χ3v) is 1.72. The molecule has 0 aliphatic rings. The Labute approximate surface area is 70.5 Å². The minimum Gasteiger partial charge on any atom is -0.207 e. The van der Waals surface area contributed by atoms with E-state index in [0.29, 0.717) is 12.0 Å². The lowest BCUT2D eigenvalue weighted by Gasteiger charge is -2.01. The molecule has 1 aromatic carbocycles. The molecule has 0 aliphatic carbocycles. The molecule has 0 atom stereocenters. The highest BCUT2D eigenvalue weighted by atomic mass is 19.1. The topological polar surface area (TPSA) is 0 Å². The van der Waals surface area contributed by atoms with Crippen molar-refractivity contribution in [3.8, 4) is 0 Å². The summed E-state index contributed by atoms with van der Waals surface area (Å²) in [5.41, 5.74) is 0.688. The Morgan fingerprint density at radius 1 is 1.33 bits per heavy atom. The van der Waals surface area contributed by atoms with E-state index in [1.807, 2.05) is 0 Å². The van der Waals surface area contributed by atoms with Gasteiger partial charge in [-0.05, 0) is 31.0 Å². The number of benzene rings is 1.